The maximum Gasteiger partial charge on any atom is 0.416 e. The molecule has 0 spiro atoms. The van der Waals surface area contributed by atoms with Gasteiger partial charge in [-0.3, -0.25) is 9.20 Å². The van der Waals surface area contributed by atoms with E-state index in [0.29, 0.717) is 16.8 Å². The third-order valence-corrected chi connectivity index (χ3v) is 3.61. The fourth-order valence-electron chi connectivity index (χ4n) is 2.31. The highest BCUT2D eigenvalue weighted by molar-refractivity contribution is 5.94. The first-order valence-corrected chi connectivity index (χ1v) is 7.12. The fraction of sp³-hybridized carbons (Fsp3) is 0.188. The molecule has 1 aromatic carbocycles. The van der Waals surface area contributed by atoms with Crippen molar-refractivity contribution in [3.8, 4) is 0 Å². The third-order valence-electron chi connectivity index (χ3n) is 3.61. The number of aromatic nitrogens is 3. The lowest BCUT2D eigenvalue weighted by Crippen LogP contribution is -2.27. The second-order valence-electron chi connectivity index (χ2n) is 5.33. The molecule has 0 saturated heterocycles. The molecule has 0 unspecified atom stereocenters. The van der Waals surface area contributed by atoms with Gasteiger partial charge >= 0.3 is 6.18 Å². The Morgan fingerprint density at radius 2 is 2.04 bits per heavy atom. The summed E-state index contributed by atoms with van der Waals surface area (Å²) in [5.74, 6) is -0.393. The second-order valence-corrected chi connectivity index (χ2v) is 5.33. The van der Waals surface area contributed by atoms with Crippen LogP contribution in [0.2, 0.25) is 0 Å². The standard InChI is InChI=1S/C16H13F3N4O/c1-10(11-3-2-4-13(7-11)16(17,18)19)21-15(24)12-5-6-14-22-20-9-23(14)8-12/h2-10H,1H3,(H,21,24)/t10-/m1/s1. The third kappa shape index (κ3) is 3.22. The van der Waals surface area contributed by atoms with Crippen LogP contribution in [-0.4, -0.2) is 20.5 Å². The van der Waals surface area contributed by atoms with Gasteiger partial charge in [-0.1, -0.05) is 12.1 Å². The molecule has 2 aromatic heterocycles. The predicted octanol–water partition coefficient (Wildman–Crippen LogP) is 3.24. The van der Waals surface area contributed by atoms with Gasteiger partial charge in [0, 0.05) is 6.20 Å². The number of benzene rings is 1. The molecule has 0 aliphatic rings. The lowest BCUT2D eigenvalue weighted by molar-refractivity contribution is -0.137. The minimum Gasteiger partial charge on any atom is -0.345 e. The molecule has 8 heteroatoms. The summed E-state index contributed by atoms with van der Waals surface area (Å²) in [5.41, 5.74) is 0.592. The van der Waals surface area contributed by atoms with Gasteiger partial charge in [0.15, 0.2) is 5.65 Å². The van der Waals surface area contributed by atoms with Gasteiger partial charge in [0.05, 0.1) is 17.2 Å². The minimum atomic E-state index is -4.42. The van der Waals surface area contributed by atoms with Crippen molar-refractivity contribution >= 4 is 11.6 Å². The zero-order valence-corrected chi connectivity index (χ0v) is 12.6. The first-order chi connectivity index (χ1) is 11.3. The van der Waals surface area contributed by atoms with Crippen molar-refractivity contribution in [3.63, 3.8) is 0 Å². The van der Waals surface area contributed by atoms with E-state index in [2.05, 4.69) is 15.5 Å². The van der Waals surface area contributed by atoms with Crippen LogP contribution in [0.15, 0.2) is 48.9 Å². The van der Waals surface area contributed by atoms with Crippen LogP contribution in [0, 0.1) is 0 Å². The van der Waals surface area contributed by atoms with Gasteiger partial charge in [-0.2, -0.15) is 13.2 Å². The van der Waals surface area contributed by atoms with Crippen molar-refractivity contribution in [1.29, 1.82) is 0 Å². The number of rotatable bonds is 3. The zero-order chi connectivity index (χ0) is 17.3. The molecule has 1 atom stereocenters. The number of hydrogen-bond donors (Lipinski definition) is 1. The number of nitrogens with zero attached hydrogens (tertiary/aromatic N) is 3. The van der Waals surface area contributed by atoms with E-state index in [-0.39, 0.29) is 0 Å². The Hall–Kier alpha value is -2.90. The molecule has 1 N–H and O–H groups in total. The van der Waals surface area contributed by atoms with Crippen molar-refractivity contribution in [2.45, 2.75) is 19.1 Å². The molecule has 3 aromatic rings. The van der Waals surface area contributed by atoms with Gasteiger partial charge in [0.1, 0.15) is 6.33 Å². The molecular weight excluding hydrogens is 321 g/mol. The van der Waals surface area contributed by atoms with Crippen LogP contribution in [0.1, 0.15) is 34.5 Å². The van der Waals surface area contributed by atoms with Gasteiger partial charge in [0.25, 0.3) is 5.91 Å². The number of carbonyl (C=O) groups is 1. The number of alkyl halides is 3. The summed E-state index contributed by atoms with van der Waals surface area (Å²) in [6.45, 7) is 1.63. The second kappa shape index (κ2) is 5.95. The Labute approximate surface area is 135 Å². The summed E-state index contributed by atoms with van der Waals surface area (Å²) >= 11 is 0. The number of hydrogen-bond acceptors (Lipinski definition) is 3. The molecule has 5 nitrogen and oxygen atoms in total. The van der Waals surface area contributed by atoms with E-state index in [1.807, 2.05) is 0 Å². The smallest absolute Gasteiger partial charge is 0.345 e. The molecule has 3 rings (SSSR count). The van der Waals surface area contributed by atoms with Crippen LogP contribution >= 0.6 is 0 Å². The number of nitrogens with one attached hydrogen (secondary N) is 1. The van der Waals surface area contributed by atoms with Crippen molar-refractivity contribution in [2.24, 2.45) is 0 Å². The Bertz CT molecular complexity index is 888. The quantitative estimate of drug-likeness (QED) is 0.800. The Morgan fingerprint density at radius 1 is 1.25 bits per heavy atom. The van der Waals surface area contributed by atoms with Gasteiger partial charge in [0.2, 0.25) is 0 Å². The maximum absolute atomic E-state index is 12.8. The first-order valence-electron chi connectivity index (χ1n) is 7.12. The van der Waals surface area contributed by atoms with E-state index >= 15 is 0 Å². The molecule has 0 aliphatic heterocycles. The Balaban J connectivity index is 1.78. The van der Waals surface area contributed by atoms with Crippen LogP contribution in [0.3, 0.4) is 0 Å². The highest BCUT2D eigenvalue weighted by Gasteiger charge is 2.30. The predicted molar refractivity (Wildman–Crippen MR) is 80.3 cm³/mol. The molecule has 24 heavy (non-hydrogen) atoms. The summed E-state index contributed by atoms with van der Waals surface area (Å²) in [6, 6.07) is 7.55. The zero-order valence-electron chi connectivity index (χ0n) is 12.6. The Morgan fingerprint density at radius 3 is 2.79 bits per heavy atom. The van der Waals surface area contributed by atoms with Crippen LogP contribution < -0.4 is 5.32 Å². The van der Waals surface area contributed by atoms with E-state index in [9.17, 15) is 18.0 Å². The average Bonchev–Trinajstić information content (AvgIpc) is 3.01. The van der Waals surface area contributed by atoms with Crippen LogP contribution in [0.4, 0.5) is 13.2 Å². The normalized spacial score (nSPS) is 13.0. The summed E-state index contributed by atoms with van der Waals surface area (Å²) < 4.78 is 39.9. The summed E-state index contributed by atoms with van der Waals surface area (Å²) in [7, 11) is 0. The molecular formula is C16H13F3N4O. The lowest BCUT2D eigenvalue weighted by atomic mass is 10.0. The fourth-order valence-corrected chi connectivity index (χ4v) is 2.31. The number of amides is 1. The molecule has 124 valence electrons. The number of pyridine rings is 1. The summed E-state index contributed by atoms with van der Waals surface area (Å²) in [6.07, 6.45) is -1.40. The van der Waals surface area contributed by atoms with Gasteiger partial charge in [-0.25, -0.2) is 0 Å². The largest absolute Gasteiger partial charge is 0.416 e. The highest BCUT2D eigenvalue weighted by atomic mass is 19.4. The van der Waals surface area contributed by atoms with Crippen molar-refractivity contribution < 1.29 is 18.0 Å². The highest BCUT2D eigenvalue weighted by Crippen LogP contribution is 2.30. The van der Waals surface area contributed by atoms with Crippen molar-refractivity contribution in [3.05, 3.63) is 65.6 Å². The molecule has 0 fully saturated rings. The van der Waals surface area contributed by atoms with E-state index in [1.54, 1.807) is 35.7 Å². The van der Waals surface area contributed by atoms with Crippen LogP contribution in [0.25, 0.3) is 5.65 Å². The maximum atomic E-state index is 12.8. The monoisotopic (exact) mass is 334 g/mol. The van der Waals surface area contributed by atoms with Gasteiger partial charge < -0.3 is 5.32 Å². The lowest BCUT2D eigenvalue weighted by Gasteiger charge is -2.16. The van der Waals surface area contributed by atoms with Crippen molar-refractivity contribution in [2.75, 3.05) is 0 Å². The first kappa shape index (κ1) is 16.0. The van der Waals surface area contributed by atoms with Gasteiger partial charge in [-0.05, 0) is 36.8 Å². The Kier molecular flexibility index (Phi) is 3.96. The molecule has 0 saturated carbocycles. The topological polar surface area (TPSA) is 59.3 Å². The molecule has 0 aliphatic carbocycles. The molecule has 2 heterocycles. The molecule has 0 bridgehead atoms. The minimum absolute atomic E-state index is 0.362. The summed E-state index contributed by atoms with van der Waals surface area (Å²) in [4.78, 5) is 12.3. The molecule has 0 radical (unpaired) electrons. The van der Waals surface area contributed by atoms with Crippen LogP contribution in [0.5, 0.6) is 0 Å². The SMILES string of the molecule is C[C@@H](NC(=O)c1ccc2nncn2c1)c1cccc(C(F)(F)F)c1. The van der Waals surface area contributed by atoms with E-state index < -0.39 is 23.7 Å². The number of fused-ring (bicyclic) bond motifs is 1. The van der Waals surface area contributed by atoms with Gasteiger partial charge in [-0.15, -0.1) is 10.2 Å². The van der Waals surface area contributed by atoms with Crippen LogP contribution in [-0.2, 0) is 6.18 Å². The van der Waals surface area contributed by atoms with E-state index in [4.69, 9.17) is 0 Å². The summed E-state index contributed by atoms with van der Waals surface area (Å²) in [5, 5.41) is 10.2. The average molecular weight is 334 g/mol. The molecule has 1 amide bonds. The van der Waals surface area contributed by atoms with E-state index in [1.165, 1.54) is 12.4 Å². The number of halogens is 3. The van der Waals surface area contributed by atoms with E-state index in [0.717, 1.165) is 12.1 Å². The van der Waals surface area contributed by atoms with Crippen molar-refractivity contribution in [1.82, 2.24) is 19.9 Å². The number of carbonyl (C=O) groups excluding carboxylic acids is 1.